The van der Waals surface area contributed by atoms with Gasteiger partial charge in [-0.25, -0.2) is 5.10 Å². The Kier molecular flexibility index (Phi) is 2.82. The number of rotatable bonds is 3. The van der Waals surface area contributed by atoms with Crippen LogP contribution in [0.5, 0.6) is 6.01 Å². The Labute approximate surface area is 86.2 Å². The third-order valence-corrected chi connectivity index (χ3v) is 2.11. The molecule has 15 heavy (non-hydrogen) atoms. The van der Waals surface area contributed by atoms with E-state index in [1.807, 2.05) is 0 Å². The van der Waals surface area contributed by atoms with Crippen LogP contribution in [0.4, 0.5) is 5.95 Å². The van der Waals surface area contributed by atoms with Gasteiger partial charge < -0.3 is 9.47 Å². The first-order chi connectivity index (χ1) is 7.29. The molecule has 1 saturated heterocycles. The second-order valence-corrected chi connectivity index (χ2v) is 3.16. The summed E-state index contributed by atoms with van der Waals surface area (Å²) in [4.78, 5) is 15.4. The van der Waals surface area contributed by atoms with E-state index in [-0.39, 0.29) is 24.0 Å². The number of H-pyrrole nitrogens is 1. The molecule has 1 aromatic heterocycles. The zero-order valence-corrected chi connectivity index (χ0v) is 8.32. The minimum atomic E-state index is -0.374. The fourth-order valence-electron chi connectivity index (χ4n) is 1.38. The van der Waals surface area contributed by atoms with Crippen LogP contribution in [0, 0.1) is 0 Å². The maximum Gasteiger partial charge on any atom is 0.336 e. The Morgan fingerprint density at radius 1 is 1.73 bits per heavy atom. The van der Waals surface area contributed by atoms with Crippen molar-refractivity contribution in [3.8, 4) is 6.01 Å². The normalized spacial score (nSPS) is 20.2. The predicted octanol–water partition coefficient (Wildman–Crippen LogP) is -0.0692. The average molecular weight is 212 g/mol. The summed E-state index contributed by atoms with van der Waals surface area (Å²) in [5.74, 6) is 0.0682. The standard InChI is InChI=1S/C8H12N4O3/c1-14-8-10-7(11-12-8)9-6(13)5-3-2-4-15-5/h5H,2-4H2,1H3,(H2,9,10,11,12,13)/t5-/m0/s1. The fourth-order valence-corrected chi connectivity index (χ4v) is 1.38. The van der Waals surface area contributed by atoms with Crippen LogP contribution >= 0.6 is 0 Å². The number of hydrogen-bond donors (Lipinski definition) is 2. The molecule has 2 heterocycles. The van der Waals surface area contributed by atoms with Crippen molar-refractivity contribution in [3.63, 3.8) is 0 Å². The van der Waals surface area contributed by atoms with E-state index in [0.29, 0.717) is 6.61 Å². The van der Waals surface area contributed by atoms with E-state index in [1.54, 1.807) is 0 Å². The molecule has 82 valence electrons. The van der Waals surface area contributed by atoms with E-state index in [0.717, 1.165) is 12.8 Å². The summed E-state index contributed by atoms with van der Waals surface area (Å²) in [5, 5.41) is 8.80. The molecule has 0 unspecified atom stereocenters. The van der Waals surface area contributed by atoms with E-state index in [2.05, 4.69) is 20.5 Å². The second-order valence-electron chi connectivity index (χ2n) is 3.16. The van der Waals surface area contributed by atoms with Crippen molar-refractivity contribution < 1.29 is 14.3 Å². The molecular formula is C8H12N4O3. The molecule has 1 aliphatic rings. The van der Waals surface area contributed by atoms with E-state index >= 15 is 0 Å². The van der Waals surface area contributed by atoms with Gasteiger partial charge in [-0.2, -0.15) is 4.98 Å². The van der Waals surface area contributed by atoms with Gasteiger partial charge in [0.2, 0.25) is 5.95 Å². The van der Waals surface area contributed by atoms with Gasteiger partial charge in [-0.15, -0.1) is 5.10 Å². The lowest BCUT2D eigenvalue weighted by atomic mass is 10.2. The van der Waals surface area contributed by atoms with Gasteiger partial charge in [0, 0.05) is 6.61 Å². The van der Waals surface area contributed by atoms with Crippen LogP contribution in [-0.2, 0) is 9.53 Å². The highest BCUT2D eigenvalue weighted by Gasteiger charge is 2.24. The summed E-state index contributed by atoms with van der Waals surface area (Å²) in [6, 6.07) is 0.192. The number of nitrogens with zero attached hydrogens (tertiary/aromatic N) is 2. The van der Waals surface area contributed by atoms with Crippen LogP contribution in [-0.4, -0.2) is 40.9 Å². The number of aromatic nitrogens is 3. The van der Waals surface area contributed by atoms with Crippen molar-refractivity contribution in [2.45, 2.75) is 18.9 Å². The molecule has 0 aromatic carbocycles. The van der Waals surface area contributed by atoms with E-state index < -0.39 is 0 Å². The van der Waals surface area contributed by atoms with Crippen molar-refractivity contribution in [2.75, 3.05) is 19.0 Å². The molecule has 7 heteroatoms. The molecular weight excluding hydrogens is 200 g/mol. The molecule has 0 bridgehead atoms. The van der Waals surface area contributed by atoms with Gasteiger partial charge in [0.05, 0.1) is 7.11 Å². The van der Waals surface area contributed by atoms with Gasteiger partial charge >= 0.3 is 6.01 Å². The van der Waals surface area contributed by atoms with Gasteiger partial charge in [-0.05, 0) is 12.8 Å². The van der Waals surface area contributed by atoms with Crippen molar-refractivity contribution >= 4 is 11.9 Å². The molecule has 2 N–H and O–H groups in total. The lowest BCUT2D eigenvalue weighted by Crippen LogP contribution is -2.27. The van der Waals surface area contributed by atoms with E-state index in [9.17, 15) is 4.79 Å². The number of nitrogens with one attached hydrogen (secondary N) is 2. The van der Waals surface area contributed by atoms with Gasteiger partial charge in [-0.1, -0.05) is 0 Å². The second kappa shape index (κ2) is 4.26. The van der Waals surface area contributed by atoms with Crippen LogP contribution in [0.1, 0.15) is 12.8 Å². The zero-order valence-electron chi connectivity index (χ0n) is 8.32. The number of carbonyl (C=O) groups excluding carboxylic acids is 1. The number of hydrogen-bond acceptors (Lipinski definition) is 5. The van der Waals surface area contributed by atoms with Gasteiger partial charge in [0.25, 0.3) is 5.91 Å². The molecule has 0 radical (unpaired) electrons. The summed E-state index contributed by atoms with van der Waals surface area (Å²) in [5.41, 5.74) is 0. The van der Waals surface area contributed by atoms with E-state index in [4.69, 9.17) is 9.47 Å². The Balaban J connectivity index is 1.92. The number of amides is 1. The van der Waals surface area contributed by atoms with Crippen LogP contribution in [0.2, 0.25) is 0 Å². The molecule has 7 nitrogen and oxygen atoms in total. The van der Waals surface area contributed by atoms with Crippen molar-refractivity contribution in [1.82, 2.24) is 15.2 Å². The maximum atomic E-state index is 11.5. The Hall–Kier alpha value is -1.63. The Bertz CT molecular complexity index is 345. The number of anilines is 1. The number of aromatic amines is 1. The number of ether oxygens (including phenoxy) is 2. The summed E-state index contributed by atoms with van der Waals surface area (Å²) in [6.45, 7) is 0.637. The Morgan fingerprint density at radius 3 is 3.20 bits per heavy atom. The summed E-state index contributed by atoms with van der Waals surface area (Å²) >= 11 is 0. The molecule has 1 amide bonds. The van der Waals surface area contributed by atoms with Gasteiger partial charge in [0.1, 0.15) is 6.10 Å². The largest absolute Gasteiger partial charge is 0.466 e. The average Bonchev–Trinajstić information content (AvgIpc) is 2.87. The highest BCUT2D eigenvalue weighted by molar-refractivity contribution is 5.92. The topological polar surface area (TPSA) is 89.1 Å². The van der Waals surface area contributed by atoms with Crippen LogP contribution in [0.15, 0.2) is 0 Å². The number of methoxy groups -OCH3 is 1. The van der Waals surface area contributed by atoms with Crippen molar-refractivity contribution in [1.29, 1.82) is 0 Å². The first-order valence-electron chi connectivity index (χ1n) is 4.68. The molecule has 2 rings (SSSR count). The van der Waals surface area contributed by atoms with Gasteiger partial charge in [0.15, 0.2) is 0 Å². The zero-order chi connectivity index (χ0) is 10.7. The first kappa shape index (κ1) is 9.91. The molecule has 0 aliphatic carbocycles. The van der Waals surface area contributed by atoms with Crippen LogP contribution in [0.3, 0.4) is 0 Å². The summed E-state index contributed by atoms with van der Waals surface area (Å²) in [7, 11) is 1.45. The monoisotopic (exact) mass is 212 g/mol. The third-order valence-electron chi connectivity index (χ3n) is 2.11. The molecule has 1 aromatic rings. The maximum absolute atomic E-state index is 11.5. The molecule has 0 saturated carbocycles. The SMILES string of the molecule is COc1n[nH]c(NC(=O)[C@@H]2CCCO2)n1. The minimum Gasteiger partial charge on any atom is -0.466 e. The smallest absolute Gasteiger partial charge is 0.336 e. The Morgan fingerprint density at radius 2 is 2.60 bits per heavy atom. The quantitative estimate of drug-likeness (QED) is 0.732. The number of carbonyl (C=O) groups is 1. The minimum absolute atomic E-state index is 0.192. The summed E-state index contributed by atoms with van der Waals surface area (Å²) in [6.07, 6.45) is 1.29. The predicted molar refractivity (Wildman–Crippen MR) is 50.5 cm³/mol. The van der Waals surface area contributed by atoms with Crippen LogP contribution < -0.4 is 10.1 Å². The highest BCUT2D eigenvalue weighted by atomic mass is 16.5. The molecule has 1 fully saturated rings. The fraction of sp³-hybridized carbons (Fsp3) is 0.625. The van der Waals surface area contributed by atoms with Gasteiger partial charge in [-0.3, -0.25) is 10.1 Å². The highest BCUT2D eigenvalue weighted by Crippen LogP contribution is 2.14. The lowest BCUT2D eigenvalue weighted by Gasteiger charge is -2.07. The van der Waals surface area contributed by atoms with Crippen LogP contribution in [0.25, 0.3) is 0 Å². The summed E-state index contributed by atoms with van der Waals surface area (Å²) < 4.78 is 9.98. The third kappa shape index (κ3) is 2.24. The molecule has 1 atom stereocenters. The van der Waals surface area contributed by atoms with Crippen molar-refractivity contribution in [2.24, 2.45) is 0 Å². The molecule has 1 aliphatic heterocycles. The first-order valence-corrected chi connectivity index (χ1v) is 4.68. The lowest BCUT2D eigenvalue weighted by molar-refractivity contribution is -0.124. The van der Waals surface area contributed by atoms with E-state index in [1.165, 1.54) is 7.11 Å². The molecule has 0 spiro atoms. The van der Waals surface area contributed by atoms with Crippen molar-refractivity contribution in [3.05, 3.63) is 0 Å².